The van der Waals surface area contributed by atoms with Gasteiger partial charge in [0.05, 0.1) is 11.3 Å². The number of carbonyl (C=O) groups excluding carboxylic acids is 1. The fourth-order valence-corrected chi connectivity index (χ4v) is 3.75. The zero-order valence-corrected chi connectivity index (χ0v) is 14.4. The molecule has 0 fully saturated rings. The van der Waals surface area contributed by atoms with Crippen molar-refractivity contribution in [2.75, 3.05) is 11.9 Å². The zero-order valence-electron chi connectivity index (χ0n) is 14.4. The lowest BCUT2D eigenvalue weighted by molar-refractivity contribution is 0.0999. The van der Waals surface area contributed by atoms with Crippen LogP contribution < -0.4 is 9.64 Å². The van der Waals surface area contributed by atoms with Crippen molar-refractivity contribution in [2.45, 2.75) is 6.61 Å². The van der Waals surface area contributed by atoms with Crippen LogP contribution in [0.1, 0.15) is 15.9 Å². The number of benzene rings is 4. The molecule has 126 valence electrons. The van der Waals surface area contributed by atoms with Crippen molar-refractivity contribution in [3.63, 3.8) is 0 Å². The molecule has 1 aliphatic rings. The molecule has 0 spiro atoms. The van der Waals surface area contributed by atoms with Crippen LogP contribution >= 0.6 is 0 Å². The lowest BCUT2D eigenvalue weighted by atomic mass is 9.97. The number of hydrogen-bond donors (Lipinski definition) is 0. The van der Waals surface area contributed by atoms with E-state index in [2.05, 4.69) is 12.1 Å². The van der Waals surface area contributed by atoms with Gasteiger partial charge in [-0.1, -0.05) is 48.5 Å². The molecule has 5 rings (SSSR count). The number of amides is 1. The highest BCUT2D eigenvalue weighted by atomic mass is 16.5. The molecular weight excluding hydrogens is 322 g/mol. The highest BCUT2D eigenvalue weighted by molar-refractivity contribution is 6.29. The van der Waals surface area contributed by atoms with E-state index < -0.39 is 0 Å². The number of nitrogens with zero attached hydrogens (tertiary/aromatic N) is 1. The predicted molar refractivity (Wildman–Crippen MR) is 105 cm³/mol. The molecule has 0 N–H and O–H groups in total. The van der Waals surface area contributed by atoms with E-state index in [1.165, 1.54) is 0 Å². The quantitative estimate of drug-likeness (QED) is 0.482. The third-order valence-corrected chi connectivity index (χ3v) is 5.07. The van der Waals surface area contributed by atoms with Gasteiger partial charge in [-0.2, -0.15) is 0 Å². The molecule has 3 nitrogen and oxygen atoms in total. The summed E-state index contributed by atoms with van der Waals surface area (Å²) in [6.07, 6.45) is 0. The van der Waals surface area contributed by atoms with Crippen LogP contribution in [0.2, 0.25) is 0 Å². The minimum atomic E-state index is 0.0497. The normalized spacial score (nSPS) is 13.0. The van der Waals surface area contributed by atoms with Crippen molar-refractivity contribution < 1.29 is 9.53 Å². The largest absolute Gasteiger partial charge is 0.489 e. The first-order chi connectivity index (χ1) is 12.7. The molecule has 4 aromatic rings. The Balaban J connectivity index is 1.60. The van der Waals surface area contributed by atoms with E-state index in [4.69, 9.17) is 4.74 Å². The molecule has 0 bridgehead atoms. The van der Waals surface area contributed by atoms with Gasteiger partial charge in [0.2, 0.25) is 0 Å². The first-order valence-corrected chi connectivity index (χ1v) is 8.66. The van der Waals surface area contributed by atoms with Crippen molar-refractivity contribution in [2.24, 2.45) is 0 Å². The monoisotopic (exact) mass is 339 g/mol. The van der Waals surface area contributed by atoms with E-state index in [9.17, 15) is 4.79 Å². The number of anilines is 1. The molecule has 0 saturated heterocycles. The van der Waals surface area contributed by atoms with Crippen molar-refractivity contribution >= 4 is 33.1 Å². The van der Waals surface area contributed by atoms with Gasteiger partial charge in [-0.3, -0.25) is 4.79 Å². The Labute approximate surface area is 151 Å². The topological polar surface area (TPSA) is 29.5 Å². The van der Waals surface area contributed by atoms with Crippen molar-refractivity contribution in [3.05, 3.63) is 83.9 Å². The summed E-state index contributed by atoms with van der Waals surface area (Å²) in [7, 11) is 1.83. The Morgan fingerprint density at radius 3 is 2.58 bits per heavy atom. The van der Waals surface area contributed by atoms with E-state index in [1.807, 2.05) is 67.7 Å². The average Bonchev–Trinajstić information content (AvgIpc) is 2.93. The molecule has 4 aromatic carbocycles. The van der Waals surface area contributed by atoms with E-state index in [1.54, 1.807) is 4.90 Å². The molecule has 0 radical (unpaired) electrons. The second kappa shape index (κ2) is 5.60. The van der Waals surface area contributed by atoms with Crippen molar-refractivity contribution in [3.8, 4) is 5.75 Å². The third-order valence-electron chi connectivity index (χ3n) is 5.07. The number of hydrogen-bond acceptors (Lipinski definition) is 2. The van der Waals surface area contributed by atoms with Crippen LogP contribution in [0.15, 0.2) is 72.8 Å². The van der Waals surface area contributed by atoms with Gasteiger partial charge in [-0.15, -0.1) is 0 Å². The Kier molecular flexibility index (Phi) is 3.22. The van der Waals surface area contributed by atoms with Crippen LogP contribution in [0.4, 0.5) is 5.69 Å². The first kappa shape index (κ1) is 15.0. The van der Waals surface area contributed by atoms with Gasteiger partial charge in [0.25, 0.3) is 5.91 Å². The molecule has 0 aliphatic carbocycles. The summed E-state index contributed by atoms with van der Waals surface area (Å²) < 4.78 is 5.95. The van der Waals surface area contributed by atoms with Crippen molar-refractivity contribution in [1.82, 2.24) is 0 Å². The van der Waals surface area contributed by atoms with Gasteiger partial charge in [0.15, 0.2) is 0 Å². The van der Waals surface area contributed by atoms with Gasteiger partial charge in [0, 0.05) is 12.4 Å². The molecule has 1 amide bonds. The Bertz CT molecular complexity index is 1170. The lowest BCUT2D eigenvalue weighted by Crippen LogP contribution is -2.20. The molecule has 0 saturated carbocycles. The van der Waals surface area contributed by atoms with Crippen LogP contribution in [0.5, 0.6) is 5.75 Å². The molecule has 0 aromatic heterocycles. The van der Waals surface area contributed by atoms with Gasteiger partial charge >= 0.3 is 0 Å². The summed E-state index contributed by atoms with van der Waals surface area (Å²) >= 11 is 0. The van der Waals surface area contributed by atoms with Crippen LogP contribution in [0, 0.1) is 0 Å². The van der Waals surface area contributed by atoms with Crippen LogP contribution in [-0.4, -0.2) is 13.0 Å². The van der Waals surface area contributed by atoms with Gasteiger partial charge < -0.3 is 9.64 Å². The predicted octanol–water partition coefficient (Wildman–Crippen LogP) is 5.16. The third kappa shape index (κ3) is 2.17. The molecule has 26 heavy (non-hydrogen) atoms. The van der Waals surface area contributed by atoms with Crippen molar-refractivity contribution in [1.29, 1.82) is 0 Å². The second-order valence-corrected chi connectivity index (χ2v) is 6.65. The zero-order chi connectivity index (χ0) is 17.7. The minimum Gasteiger partial charge on any atom is -0.489 e. The smallest absolute Gasteiger partial charge is 0.258 e. The molecular formula is C23H17NO2. The number of ether oxygens (including phenoxy) is 1. The fraction of sp³-hybridized carbons (Fsp3) is 0.0870. The Hall–Kier alpha value is -3.33. The van der Waals surface area contributed by atoms with E-state index in [0.29, 0.717) is 6.61 Å². The highest BCUT2D eigenvalue weighted by Crippen LogP contribution is 2.40. The summed E-state index contributed by atoms with van der Waals surface area (Å²) in [5.74, 6) is 0.858. The average molecular weight is 339 g/mol. The SMILES string of the molecule is CN1C(=O)c2cc3cc(OCc4ccccc4)ccc3c3cccc1c23. The second-order valence-electron chi connectivity index (χ2n) is 6.65. The summed E-state index contributed by atoms with van der Waals surface area (Å²) in [6, 6.07) is 24.3. The molecule has 1 aliphatic heterocycles. The Morgan fingerprint density at radius 1 is 0.885 bits per heavy atom. The number of carbonyl (C=O) groups is 1. The summed E-state index contributed by atoms with van der Waals surface area (Å²) in [6.45, 7) is 0.526. The van der Waals surface area contributed by atoms with Gasteiger partial charge in [-0.05, 0) is 46.0 Å². The van der Waals surface area contributed by atoms with Crippen LogP contribution in [0.25, 0.3) is 21.5 Å². The highest BCUT2D eigenvalue weighted by Gasteiger charge is 2.27. The van der Waals surface area contributed by atoms with Crippen LogP contribution in [-0.2, 0) is 6.61 Å². The van der Waals surface area contributed by atoms with Gasteiger partial charge in [0.1, 0.15) is 12.4 Å². The maximum atomic E-state index is 12.6. The molecule has 3 heteroatoms. The maximum Gasteiger partial charge on any atom is 0.258 e. The van der Waals surface area contributed by atoms with E-state index >= 15 is 0 Å². The maximum absolute atomic E-state index is 12.6. The van der Waals surface area contributed by atoms with E-state index in [0.717, 1.165) is 44.1 Å². The van der Waals surface area contributed by atoms with Crippen LogP contribution in [0.3, 0.4) is 0 Å². The fourth-order valence-electron chi connectivity index (χ4n) is 3.75. The number of fused-ring (bicyclic) bond motifs is 2. The summed E-state index contributed by atoms with van der Waals surface area (Å²) in [4.78, 5) is 14.3. The summed E-state index contributed by atoms with van der Waals surface area (Å²) in [5.41, 5.74) is 2.88. The molecule has 0 unspecified atom stereocenters. The van der Waals surface area contributed by atoms with Gasteiger partial charge in [-0.25, -0.2) is 0 Å². The molecule has 1 heterocycles. The lowest BCUT2D eigenvalue weighted by Gasteiger charge is -2.10. The minimum absolute atomic E-state index is 0.0497. The Morgan fingerprint density at radius 2 is 1.73 bits per heavy atom. The standard InChI is InChI=1S/C23H17NO2/c1-24-21-9-5-8-19-18-11-10-17(26-14-15-6-3-2-4-7-15)12-16(18)13-20(22(19)21)23(24)25/h2-13H,14H2,1H3. The summed E-state index contributed by atoms with van der Waals surface area (Å²) in [5, 5.41) is 4.33. The van der Waals surface area contributed by atoms with E-state index in [-0.39, 0.29) is 5.91 Å². The molecule has 0 atom stereocenters. The first-order valence-electron chi connectivity index (χ1n) is 8.66. The number of rotatable bonds is 3.